The first-order valence-corrected chi connectivity index (χ1v) is 9.10. The average Bonchev–Trinajstić information content (AvgIpc) is 2.76. The number of hydrogen-bond donors (Lipinski definition) is 3. The normalized spacial score (nSPS) is 20.0. The van der Waals surface area contributed by atoms with Gasteiger partial charge in [0.1, 0.15) is 0 Å². The second-order valence-electron chi connectivity index (χ2n) is 5.79. The topological polar surface area (TPSA) is 115 Å². The van der Waals surface area contributed by atoms with Gasteiger partial charge < -0.3 is 10.4 Å². The fourth-order valence-electron chi connectivity index (χ4n) is 2.66. The van der Waals surface area contributed by atoms with Crippen molar-refractivity contribution in [2.75, 3.05) is 25.9 Å². The van der Waals surface area contributed by atoms with Crippen LogP contribution in [0.15, 0.2) is 4.79 Å². The molecule has 1 aromatic heterocycles. The van der Waals surface area contributed by atoms with E-state index in [1.54, 1.807) is 6.92 Å². The molecule has 0 radical (unpaired) electrons. The van der Waals surface area contributed by atoms with Crippen LogP contribution in [-0.4, -0.2) is 54.7 Å². The van der Waals surface area contributed by atoms with Gasteiger partial charge >= 0.3 is 0 Å². The van der Waals surface area contributed by atoms with E-state index in [2.05, 4.69) is 15.5 Å². The Morgan fingerprint density at radius 1 is 1.41 bits per heavy atom. The lowest BCUT2D eigenvalue weighted by atomic mass is 9.99. The molecular weight excluding hydrogens is 308 g/mol. The number of rotatable bonds is 5. The third-order valence-corrected chi connectivity index (χ3v) is 5.24. The van der Waals surface area contributed by atoms with Gasteiger partial charge in [0, 0.05) is 30.9 Å². The van der Waals surface area contributed by atoms with E-state index in [1.165, 1.54) is 10.6 Å². The lowest BCUT2D eigenvalue weighted by molar-refractivity contribution is -0.120. The Hall–Kier alpha value is -1.61. The van der Waals surface area contributed by atoms with Gasteiger partial charge in [0.2, 0.25) is 15.9 Å². The lowest BCUT2D eigenvalue weighted by Gasteiger charge is -2.30. The molecule has 1 atom stereocenters. The van der Waals surface area contributed by atoms with E-state index in [4.69, 9.17) is 0 Å². The number of aromatic nitrogens is 2. The Kier molecular flexibility index (Phi) is 5.07. The van der Waals surface area contributed by atoms with Crippen molar-refractivity contribution in [3.63, 3.8) is 0 Å². The quantitative estimate of drug-likeness (QED) is 0.665. The number of nitrogens with one attached hydrogen (secondary N) is 3. The van der Waals surface area contributed by atoms with Crippen molar-refractivity contribution < 1.29 is 13.2 Å². The molecule has 9 heteroatoms. The van der Waals surface area contributed by atoms with E-state index in [0.29, 0.717) is 30.9 Å². The molecule has 0 spiro atoms. The molecule has 0 aromatic carbocycles. The van der Waals surface area contributed by atoms with Crippen molar-refractivity contribution in [2.24, 2.45) is 5.92 Å². The van der Waals surface area contributed by atoms with Gasteiger partial charge in [-0.2, -0.15) is 0 Å². The van der Waals surface area contributed by atoms with Gasteiger partial charge in [-0.25, -0.2) is 12.7 Å². The van der Waals surface area contributed by atoms with E-state index in [9.17, 15) is 18.0 Å². The zero-order valence-electron chi connectivity index (χ0n) is 12.8. The fourth-order valence-corrected chi connectivity index (χ4v) is 3.60. The monoisotopic (exact) mass is 330 g/mol. The van der Waals surface area contributed by atoms with Crippen LogP contribution in [-0.2, 0) is 21.2 Å². The molecule has 2 rings (SSSR count). The van der Waals surface area contributed by atoms with Crippen molar-refractivity contribution in [1.29, 1.82) is 0 Å². The van der Waals surface area contributed by atoms with Crippen LogP contribution in [0.4, 0.5) is 0 Å². The molecule has 1 aliphatic rings. The Bertz CT molecular complexity index is 691. The standard InChI is InChI=1S/C13H22N4O4S/c1-9-11(13(19)16-15-9)6-12(18)14-7-10-4-3-5-17(8-10)22(2,20)21/h10H,3-8H2,1-2H3,(H,14,18)(H2,15,16,19). The van der Waals surface area contributed by atoms with Crippen LogP contribution < -0.4 is 10.9 Å². The second-order valence-corrected chi connectivity index (χ2v) is 7.78. The molecule has 124 valence electrons. The minimum atomic E-state index is -3.18. The summed E-state index contributed by atoms with van der Waals surface area (Å²) in [5, 5.41) is 7.91. The summed E-state index contributed by atoms with van der Waals surface area (Å²) in [6.45, 7) is 3.13. The molecule has 1 fully saturated rings. The van der Waals surface area contributed by atoms with Crippen LogP contribution in [0.3, 0.4) is 0 Å². The number of carbonyl (C=O) groups is 1. The molecule has 1 aromatic rings. The number of hydrogen-bond acceptors (Lipinski definition) is 4. The molecule has 22 heavy (non-hydrogen) atoms. The minimum Gasteiger partial charge on any atom is -0.355 e. The molecule has 1 unspecified atom stereocenters. The van der Waals surface area contributed by atoms with Crippen LogP contribution in [0, 0.1) is 12.8 Å². The fraction of sp³-hybridized carbons (Fsp3) is 0.692. The summed E-state index contributed by atoms with van der Waals surface area (Å²) in [5.74, 6) is -0.122. The summed E-state index contributed by atoms with van der Waals surface area (Å²) in [6.07, 6.45) is 2.91. The van der Waals surface area contributed by atoms with Crippen molar-refractivity contribution in [3.8, 4) is 0 Å². The predicted octanol–water partition coefficient (Wildman–Crippen LogP) is -0.658. The van der Waals surface area contributed by atoms with Crippen molar-refractivity contribution in [1.82, 2.24) is 19.8 Å². The van der Waals surface area contributed by atoms with Gasteiger partial charge in [-0.05, 0) is 25.7 Å². The number of aryl methyl sites for hydroxylation is 1. The van der Waals surface area contributed by atoms with Crippen LogP contribution in [0.2, 0.25) is 0 Å². The van der Waals surface area contributed by atoms with E-state index in [0.717, 1.165) is 12.8 Å². The second kappa shape index (κ2) is 6.66. The minimum absolute atomic E-state index is 0.0210. The summed E-state index contributed by atoms with van der Waals surface area (Å²) >= 11 is 0. The van der Waals surface area contributed by atoms with Gasteiger partial charge in [0.15, 0.2) is 0 Å². The number of piperidine rings is 1. The highest BCUT2D eigenvalue weighted by molar-refractivity contribution is 7.88. The Morgan fingerprint density at radius 2 is 2.14 bits per heavy atom. The first-order chi connectivity index (χ1) is 10.3. The van der Waals surface area contributed by atoms with Gasteiger partial charge in [-0.15, -0.1) is 0 Å². The average molecular weight is 330 g/mol. The third kappa shape index (κ3) is 4.20. The summed E-state index contributed by atoms with van der Waals surface area (Å²) in [5.41, 5.74) is 0.800. The van der Waals surface area contributed by atoms with Gasteiger partial charge in [0.05, 0.1) is 12.7 Å². The van der Waals surface area contributed by atoms with Crippen LogP contribution in [0.25, 0.3) is 0 Å². The van der Waals surface area contributed by atoms with Crippen molar-refractivity contribution >= 4 is 15.9 Å². The molecule has 1 saturated heterocycles. The molecule has 0 aliphatic carbocycles. The smallest absolute Gasteiger partial charge is 0.267 e. The van der Waals surface area contributed by atoms with Gasteiger partial charge in [-0.3, -0.25) is 14.7 Å². The maximum atomic E-state index is 11.9. The molecule has 1 amide bonds. The zero-order valence-corrected chi connectivity index (χ0v) is 13.6. The Labute approximate surface area is 129 Å². The van der Waals surface area contributed by atoms with Gasteiger partial charge in [-0.1, -0.05) is 0 Å². The highest BCUT2D eigenvalue weighted by atomic mass is 32.2. The van der Waals surface area contributed by atoms with E-state index < -0.39 is 10.0 Å². The van der Waals surface area contributed by atoms with Crippen molar-refractivity contribution in [3.05, 3.63) is 21.6 Å². The molecular formula is C13H22N4O4S. The summed E-state index contributed by atoms with van der Waals surface area (Å²) in [7, 11) is -3.18. The summed E-state index contributed by atoms with van der Waals surface area (Å²) in [6, 6.07) is 0. The first-order valence-electron chi connectivity index (χ1n) is 7.25. The SMILES string of the molecule is Cc1[nH][nH]c(=O)c1CC(=O)NCC1CCCN(S(C)(=O)=O)C1. The summed E-state index contributed by atoms with van der Waals surface area (Å²) < 4.78 is 24.6. The van der Waals surface area contributed by atoms with E-state index >= 15 is 0 Å². The number of sulfonamides is 1. The summed E-state index contributed by atoms with van der Waals surface area (Å²) in [4.78, 5) is 23.4. The number of nitrogens with zero attached hydrogens (tertiary/aromatic N) is 1. The lowest BCUT2D eigenvalue weighted by Crippen LogP contribution is -2.43. The first kappa shape index (κ1) is 16.8. The number of H-pyrrole nitrogens is 2. The number of aromatic amines is 2. The Morgan fingerprint density at radius 3 is 2.73 bits per heavy atom. The molecule has 0 saturated carbocycles. The van der Waals surface area contributed by atoms with Crippen molar-refractivity contribution in [2.45, 2.75) is 26.2 Å². The zero-order chi connectivity index (χ0) is 16.3. The maximum Gasteiger partial charge on any atom is 0.267 e. The Balaban J connectivity index is 1.85. The maximum absolute atomic E-state index is 11.9. The van der Waals surface area contributed by atoms with E-state index in [1.807, 2.05) is 0 Å². The predicted molar refractivity (Wildman–Crippen MR) is 82.0 cm³/mol. The largest absolute Gasteiger partial charge is 0.355 e. The highest BCUT2D eigenvalue weighted by Crippen LogP contribution is 2.17. The molecule has 2 heterocycles. The van der Waals surface area contributed by atoms with Crippen LogP contribution in [0.1, 0.15) is 24.1 Å². The molecule has 0 bridgehead atoms. The molecule has 8 nitrogen and oxygen atoms in total. The van der Waals surface area contributed by atoms with Gasteiger partial charge in [0.25, 0.3) is 5.56 Å². The number of amides is 1. The molecule has 1 aliphatic heterocycles. The third-order valence-electron chi connectivity index (χ3n) is 3.97. The number of carbonyl (C=O) groups excluding carboxylic acids is 1. The van der Waals surface area contributed by atoms with Crippen LogP contribution in [0.5, 0.6) is 0 Å². The van der Waals surface area contributed by atoms with E-state index in [-0.39, 0.29) is 23.8 Å². The van der Waals surface area contributed by atoms with Crippen LogP contribution >= 0.6 is 0 Å². The molecule has 3 N–H and O–H groups in total. The highest BCUT2D eigenvalue weighted by Gasteiger charge is 2.26.